The average Bonchev–Trinajstić information content (AvgIpc) is 3.38. The molecule has 1 amide bonds. The molecule has 0 unspecified atom stereocenters. The molecule has 140 valence electrons. The van der Waals surface area contributed by atoms with Crippen molar-refractivity contribution >= 4 is 40.7 Å². The molecule has 1 saturated heterocycles. The Hall–Kier alpha value is -3.79. The SMILES string of the molecule is O=C1/C(=C\c2ccc(Cn3cc([N+](=O)[O-])cn3)o2)NC(=S)N1c1ccccc1. The maximum absolute atomic E-state index is 12.7. The Labute approximate surface area is 164 Å². The molecule has 1 N–H and O–H groups in total. The Morgan fingerprint density at radius 1 is 1.25 bits per heavy atom. The van der Waals surface area contributed by atoms with Gasteiger partial charge in [-0.15, -0.1) is 0 Å². The van der Waals surface area contributed by atoms with Crippen LogP contribution in [0.25, 0.3) is 6.08 Å². The van der Waals surface area contributed by atoms with Crippen molar-refractivity contribution in [3.8, 4) is 0 Å². The minimum Gasteiger partial charge on any atom is -0.460 e. The number of furan rings is 1. The summed E-state index contributed by atoms with van der Waals surface area (Å²) in [4.78, 5) is 24.3. The van der Waals surface area contributed by atoms with Gasteiger partial charge in [-0.3, -0.25) is 24.5 Å². The highest BCUT2D eigenvalue weighted by atomic mass is 32.1. The van der Waals surface area contributed by atoms with Crippen molar-refractivity contribution in [2.24, 2.45) is 0 Å². The number of thiocarbonyl (C=S) groups is 1. The zero-order valence-corrected chi connectivity index (χ0v) is 15.1. The molecule has 0 atom stereocenters. The molecule has 0 bridgehead atoms. The number of nitrogens with zero attached hydrogens (tertiary/aromatic N) is 4. The third-order valence-electron chi connectivity index (χ3n) is 4.01. The summed E-state index contributed by atoms with van der Waals surface area (Å²) in [5, 5.41) is 17.8. The first-order valence-corrected chi connectivity index (χ1v) is 8.60. The summed E-state index contributed by atoms with van der Waals surface area (Å²) in [7, 11) is 0. The van der Waals surface area contributed by atoms with Gasteiger partial charge in [-0.25, -0.2) is 0 Å². The zero-order chi connectivity index (χ0) is 19.7. The van der Waals surface area contributed by atoms with Crippen molar-refractivity contribution in [3.05, 3.63) is 82.2 Å². The van der Waals surface area contributed by atoms with Crippen molar-refractivity contribution < 1.29 is 14.1 Å². The maximum atomic E-state index is 12.7. The number of aromatic nitrogens is 2. The van der Waals surface area contributed by atoms with Crippen LogP contribution in [0, 0.1) is 10.1 Å². The minimum atomic E-state index is -0.514. The molecule has 3 heterocycles. The van der Waals surface area contributed by atoms with E-state index in [0.717, 1.165) is 0 Å². The van der Waals surface area contributed by atoms with Crippen molar-refractivity contribution in [2.75, 3.05) is 4.90 Å². The lowest BCUT2D eigenvalue weighted by Gasteiger charge is -2.13. The fraction of sp³-hybridized carbons (Fsp3) is 0.0556. The van der Waals surface area contributed by atoms with Crippen LogP contribution in [-0.2, 0) is 11.3 Å². The van der Waals surface area contributed by atoms with E-state index in [4.69, 9.17) is 16.6 Å². The first-order chi connectivity index (χ1) is 13.5. The molecular formula is C18H13N5O4S. The third-order valence-corrected chi connectivity index (χ3v) is 4.29. The predicted molar refractivity (Wildman–Crippen MR) is 104 cm³/mol. The van der Waals surface area contributed by atoms with E-state index in [-0.39, 0.29) is 23.3 Å². The van der Waals surface area contributed by atoms with Gasteiger partial charge in [-0.05, 0) is 36.5 Å². The average molecular weight is 395 g/mol. The Morgan fingerprint density at radius 3 is 2.75 bits per heavy atom. The van der Waals surface area contributed by atoms with Gasteiger partial charge in [0.2, 0.25) is 0 Å². The number of carbonyl (C=O) groups is 1. The fourth-order valence-electron chi connectivity index (χ4n) is 2.74. The molecule has 28 heavy (non-hydrogen) atoms. The Balaban J connectivity index is 1.51. The third kappa shape index (κ3) is 3.40. The molecule has 3 aromatic rings. The van der Waals surface area contributed by atoms with E-state index in [1.165, 1.54) is 22.0 Å². The lowest BCUT2D eigenvalue weighted by atomic mass is 10.3. The van der Waals surface area contributed by atoms with E-state index in [0.29, 0.717) is 22.9 Å². The largest absolute Gasteiger partial charge is 0.460 e. The monoisotopic (exact) mass is 395 g/mol. The Kier molecular flexibility index (Phi) is 4.45. The van der Waals surface area contributed by atoms with E-state index < -0.39 is 4.92 Å². The van der Waals surface area contributed by atoms with Gasteiger partial charge in [0, 0.05) is 6.08 Å². The van der Waals surface area contributed by atoms with Gasteiger partial charge in [-0.1, -0.05) is 18.2 Å². The predicted octanol–water partition coefficient (Wildman–Crippen LogP) is 2.69. The summed E-state index contributed by atoms with van der Waals surface area (Å²) >= 11 is 5.26. The van der Waals surface area contributed by atoms with E-state index in [1.807, 2.05) is 18.2 Å². The van der Waals surface area contributed by atoms with Crippen LogP contribution in [0.2, 0.25) is 0 Å². The normalized spacial score (nSPS) is 15.3. The van der Waals surface area contributed by atoms with E-state index >= 15 is 0 Å². The number of benzene rings is 1. The smallest absolute Gasteiger partial charge is 0.307 e. The number of hydrogen-bond donors (Lipinski definition) is 1. The Bertz CT molecular complexity index is 1100. The molecule has 10 heteroatoms. The summed E-state index contributed by atoms with van der Waals surface area (Å²) in [5.41, 5.74) is 0.877. The van der Waals surface area contributed by atoms with Crippen LogP contribution in [0.15, 0.2) is 65.0 Å². The van der Waals surface area contributed by atoms with Gasteiger partial charge in [0.25, 0.3) is 5.91 Å². The van der Waals surface area contributed by atoms with Gasteiger partial charge in [-0.2, -0.15) is 5.10 Å². The molecule has 1 fully saturated rings. The molecule has 1 aliphatic rings. The van der Waals surface area contributed by atoms with Gasteiger partial charge in [0.05, 0.1) is 17.2 Å². The van der Waals surface area contributed by atoms with Gasteiger partial charge < -0.3 is 9.73 Å². The molecule has 0 spiro atoms. The van der Waals surface area contributed by atoms with Gasteiger partial charge in [0.1, 0.15) is 29.6 Å². The highest BCUT2D eigenvalue weighted by Gasteiger charge is 2.32. The standard InChI is InChI=1S/C18H13N5O4S/c24-17-16(20-18(28)22(17)12-4-2-1-3-5-12)8-14-6-7-15(27-14)11-21-10-13(9-19-21)23(25)26/h1-10H,11H2,(H,20,28)/b16-8+. The summed E-state index contributed by atoms with van der Waals surface area (Å²) in [6.07, 6.45) is 4.05. The van der Waals surface area contributed by atoms with Crippen molar-refractivity contribution in [2.45, 2.75) is 6.54 Å². The van der Waals surface area contributed by atoms with Crippen LogP contribution in [0.1, 0.15) is 11.5 Å². The van der Waals surface area contributed by atoms with Crippen LogP contribution < -0.4 is 10.2 Å². The van der Waals surface area contributed by atoms with Crippen LogP contribution in [0.4, 0.5) is 11.4 Å². The molecule has 1 aromatic carbocycles. The second-order valence-corrected chi connectivity index (χ2v) is 6.31. The van der Waals surface area contributed by atoms with Crippen molar-refractivity contribution in [1.82, 2.24) is 15.1 Å². The fourth-order valence-corrected chi connectivity index (χ4v) is 3.04. The number of hydrogen-bond acceptors (Lipinski definition) is 6. The highest BCUT2D eigenvalue weighted by Crippen LogP contribution is 2.23. The van der Waals surface area contributed by atoms with Crippen LogP contribution in [0.5, 0.6) is 0 Å². The number of anilines is 1. The van der Waals surface area contributed by atoms with Gasteiger partial charge in [0.15, 0.2) is 5.11 Å². The van der Waals surface area contributed by atoms with Crippen LogP contribution in [0.3, 0.4) is 0 Å². The quantitative estimate of drug-likeness (QED) is 0.306. The highest BCUT2D eigenvalue weighted by molar-refractivity contribution is 7.80. The molecule has 9 nitrogen and oxygen atoms in total. The molecule has 0 aliphatic carbocycles. The number of nitro groups is 1. The van der Waals surface area contributed by atoms with E-state index in [1.54, 1.807) is 30.3 Å². The van der Waals surface area contributed by atoms with Crippen LogP contribution >= 0.6 is 12.2 Å². The topological polar surface area (TPSA) is 106 Å². The summed E-state index contributed by atoms with van der Waals surface area (Å²) in [5.74, 6) is 0.708. The first kappa shape index (κ1) is 17.6. The van der Waals surface area contributed by atoms with Crippen LogP contribution in [-0.4, -0.2) is 25.7 Å². The number of amides is 1. The summed E-state index contributed by atoms with van der Waals surface area (Å²) < 4.78 is 7.08. The number of carbonyl (C=O) groups excluding carboxylic acids is 1. The molecule has 0 saturated carbocycles. The van der Waals surface area contributed by atoms with Crippen molar-refractivity contribution in [3.63, 3.8) is 0 Å². The zero-order valence-electron chi connectivity index (χ0n) is 14.3. The van der Waals surface area contributed by atoms with Gasteiger partial charge >= 0.3 is 5.69 Å². The number of para-hydroxylation sites is 1. The minimum absolute atomic E-state index is 0.0934. The lowest BCUT2D eigenvalue weighted by molar-refractivity contribution is -0.385. The maximum Gasteiger partial charge on any atom is 0.307 e. The lowest BCUT2D eigenvalue weighted by Crippen LogP contribution is -2.30. The molecule has 1 aliphatic heterocycles. The van der Waals surface area contributed by atoms with Crippen molar-refractivity contribution in [1.29, 1.82) is 0 Å². The number of nitrogens with one attached hydrogen (secondary N) is 1. The summed E-state index contributed by atoms with van der Waals surface area (Å²) in [6.45, 7) is 0.229. The number of rotatable bonds is 5. The molecular weight excluding hydrogens is 382 g/mol. The molecule has 4 rings (SSSR count). The first-order valence-electron chi connectivity index (χ1n) is 8.19. The second-order valence-electron chi connectivity index (χ2n) is 5.92. The summed E-state index contributed by atoms with van der Waals surface area (Å²) in [6, 6.07) is 12.5. The Morgan fingerprint density at radius 2 is 2.04 bits per heavy atom. The second kappa shape index (κ2) is 7.08. The van der Waals surface area contributed by atoms with E-state index in [2.05, 4.69) is 10.4 Å². The molecule has 0 radical (unpaired) electrons. The molecule has 2 aromatic heterocycles. The van der Waals surface area contributed by atoms with E-state index in [9.17, 15) is 14.9 Å².